The molecule has 0 aliphatic carbocycles. The fourth-order valence-electron chi connectivity index (χ4n) is 3.66. The van der Waals surface area contributed by atoms with Gasteiger partial charge in [-0.05, 0) is 25.5 Å². The molecule has 22 heavy (non-hydrogen) atoms. The molecule has 2 saturated heterocycles. The number of nitrogens with zero attached hydrogens (tertiary/aromatic N) is 3. The van der Waals surface area contributed by atoms with Crippen LogP contribution in [0.15, 0.2) is 12.4 Å². The van der Waals surface area contributed by atoms with Crippen LogP contribution in [0.1, 0.15) is 17.7 Å². The summed E-state index contributed by atoms with van der Waals surface area (Å²) < 4.78 is 25.2. The Labute approximate surface area is 131 Å². The highest BCUT2D eigenvalue weighted by atomic mass is 32.1. The number of hydrogen-bond acceptors (Lipinski definition) is 5. The van der Waals surface area contributed by atoms with E-state index >= 15 is 0 Å². The van der Waals surface area contributed by atoms with Gasteiger partial charge in [0.1, 0.15) is 17.0 Å². The summed E-state index contributed by atoms with van der Waals surface area (Å²) in [6, 6.07) is 1.85. The Balaban J connectivity index is 1.65. The van der Waals surface area contributed by atoms with E-state index in [9.17, 15) is 8.78 Å². The summed E-state index contributed by atoms with van der Waals surface area (Å²) in [5.41, 5.74) is 0.360. The van der Waals surface area contributed by atoms with E-state index in [4.69, 9.17) is 0 Å². The average Bonchev–Trinajstić information content (AvgIpc) is 3.19. The third kappa shape index (κ3) is 2.46. The van der Waals surface area contributed by atoms with Gasteiger partial charge < -0.3 is 10.2 Å². The number of alkyl halides is 2. The molecule has 0 bridgehead atoms. The first-order valence-corrected chi connectivity index (χ1v) is 8.44. The van der Waals surface area contributed by atoms with Gasteiger partial charge in [-0.25, -0.2) is 18.7 Å². The first-order chi connectivity index (χ1) is 10.7. The van der Waals surface area contributed by atoms with E-state index in [0.717, 1.165) is 42.2 Å². The molecule has 1 N–H and O–H groups in total. The first-order valence-electron chi connectivity index (χ1n) is 7.62. The quantitative estimate of drug-likeness (QED) is 0.942. The number of fused-ring (bicyclic) bond motifs is 1. The molecule has 4 heterocycles. The molecule has 0 amide bonds. The molecule has 2 aromatic heterocycles. The molecule has 2 aromatic rings. The number of nitrogens with one attached hydrogen (secondary N) is 1. The van der Waals surface area contributed by atoms with Crippen LogP contribution in [-0.2, 0) is 6.42 Å². The van der Waals surface area contributed by atoms with Crippen LogP contribution in [0.25, 0.3) is 10.2 Å². The summed E-state index contributed by atoms with van der Waals surface area (Å²) in [6.07, 6.45) is 1.41. The number of hydrogen-bond donors (Lipinski definition) is 1. The number of anilines is 1. The molecule has 4 rings (SSSR count). The maximum atomic E-state index is 12.6. The molecule has 0 aromatic carbocycles. The highest BCUT2D eigenvalue weighted by Gasteiger charge is 2.41. The number of aromatic nitrogens is 2. The average molecular weight is 324 g/mol. The highest BCUT2D eigenvalue weighted by molar-refractivity contribution is 7.18. The molecule has 4 nitrogen and oxygen atoms in total. The minimum atomic E-state index is -2.32. The molecular formula is C15H18F2N4S. The second-order valence-electron chi connectivity index (χ2n) is 6.32. The van der Waals surface area contributed by atoms with Crippen molar-refractivity contribution in [1.82, 2.24) is 15.3 Å². The second-order valence-corrected chi connectivity index (χ2v) is 7.44. The SMILES string of the molecule is FC(F)Cc1cc2c(N3CCC4(CCNC4)C3)ncnc2s1. The van der Waals surface area contributed by atoms with Gasteiger partial charge in [0.25, 0.3) is 0 Å². The van der Waals surface area contributed by atoms with Gasteiger partial charge in [0.2, 0.25) is 6.43 Å². The molecule has 0 radical (unpaired) electrons. The van der Waals surface area contributed by atoms with Crippen LogP contribution in [-0.4, -0.2) is 42.6 Å². The number of thiophene rings is 1. The van der Waals surface area contributed by atoms with Gasteiger partial charge in [-0.1, -0.05) is 0 Å². The third-order valence-electron chi connectivity index (χ3n) is 4.78. The van der Waals surface area contributed by atoms with Crippen molar-refractivity contribution in [3.8, 4) is 0 Å². The van der Waals surface area contributed by atoms with Crippen LogP contribution < -0.4 is 10.2 Å². The summed E-state index contributed by atoms with van der Waals surface area (Å²) in [6.45, 7) is 4.13. The van der Waals surface area contributed by atoms with Gasteiger partial charge >= 0.3 is 0 Å². The molecule has 118 valence electrons. The van der Waals surface area contributed by atoms with Crippen molar-refractivity contribution in [2.24, 2.45) is 5.41 Å². The monoisotopic (exact) mass is 324 g/mol. The molecule has 1 spiro atoms. The zero-order valence-electron chi connectivity index (χ0n) is 12.2. The number of halogens is 2. The van der Waals surface area contributed by atoms with Crippen LogP contribution in [0.5, 0.6) is 0 Å². The lowest BCUT2D eigenvalue weighted by Crippen LogP contribution is -2.29. The molecule has 1 unspecified atom stereocenters. The van der Waals surface area contributed by atoms with Crippen molar-refractivity contribution in [3.63, 3.8) is 0 Å². The zero-order valence-corrected chi connectivity index (χ0v) is 13.0. The predicted molar refractivity (Wildman–Crippen MR) is 83.9 cm³/mol. The Morgan fingerprint density at radius 1 is 1.36 bits per heavy atom. The molecule has 1 atom stereocenters. The third-order valence-corrected chi connectivity index (χ3v) is 5.85. The minimum absolute atomic E-state index is 0.200. The standard InChI is InChI=1S/C15H18F2N4S/c16-12(17)6-10-5-11-13(19-9-20-14(11)22-10)21-4-2-15(8-21)1-3-18-7-15/h5,9,12,18H,1-4,6-8H2. The first kappa shape index (κ1) is 14.3. The Bertz CT molecular complexity index is 681. The molecule has 2 aliphatic heterocycles. The van der Waals surface area contributed by atoms with Crippen molar-refractivity contribution in [2.45, 2.75) is 25.7 Å². The van der Waals surface area contributed by atoms with Crippen LogP contribution >= 0.6 is 11.3 Å². The molecular weight excluding hydrogens is 306 g/mol. The van der Waals surface area contributed by atoms with E-state index in [0.29, 0.717) is 10.3 Å². The van der Waals surface area contributed by atoms with Crippen molar-refractivity contribution in [2.75, 3.05) is 31.1 Å². The van der Waals surface area contributed by atoms with Crippen molar-refractivity contribution >= 4 is 27.4 Å². The molecule has 2 aliphatic rings. The number of rotatable bonds is 3. The lowest BCUT2D eigenvalue weighted by Gasteiger charge is -2.23. The van der Waals surface area contributed by atoms with Gasteiger partial charge in [-0.2, -0.15) is 0 Å². The fraction of sp³-hybridized carbons (Fsp3) is 0.600. The second kappa shape index (κ2) is 5.38. The Kier molecular flexibility index (Phi) is 3.49. The van der Waals surface area contributed by atoms with Crippen molar-refractivity contribution in [1.29, 1.82) is 0 Å². The van der Waals surface area contributed by atoms with Crippen molar-refractivity contribution < 1.29 is 8.78 Å². The van der Waals surface area contributed by atoms with Gasteiger partial charge in [-0.3, -0.25) is 0 Å². The lowest BCUT2D eigenvalue weighted by atomic mass is 9.87. The van der Waals surface area contributed by atoms with E-state index in [1.54, 1.807) is 6.33 Å². The predicted octanol–water partition coefficient (Wildman–Crippen LogP) is 2.69. The van der Waals surface area contributed by atoms with Crippen LogP contribution in [0.2, 0.25) is 0 Å². The van der Waals surface area contributed by atoms with Gasteiger partial charge in [0.15, 0.2) is 0 Å². The van der Waals surface area contributed by atoms with Crippen LogP contribution in [0.4, 0.5) is 14.6 Å². The maximum Gasteiger partial charge on any atom is 0.243 e. The van der Waals surface area contributed by atoms with E-state index in [-0.39, 0.29) is 6.42 Å². The van der Waals surface area contributed by atoms with Crippen LogP contribution in [0.3, 0.4) is 0 Å². The topological polar surface area (TPSA) is 41.0 Å². The highest BCUT2D eigenvalue weighted by Crippen LogP contribution is 2.40. The molecule has 7 heteroatoms. The van der Waals surface area contributed by atoms with E-state index in [2.05, 4.69) is 20.2 Å². The zero-order chi connectivity index (χ0) is 15.2. The lowest BCUT2D eigenvalue weighted by molar-refractivity contribution is 0.150. The summed E-state index contributed by atoms with van der Waals surface area (Å²) in [5.74, 6) is 0.908. The van der Waals surface area contributed by atoms with Crippen molar-refractivity contribution in [3.05, 3.63) is 17.3 Å². The van der Waals surface area contributed by atoms with Gasteiger partial charge in [0.05, 0.1) is 5.39 Å². The Morgan fingerprint density at radius 3 is 3.05 bits per heavy atom. The minimum Gasteiger partial charge on any atom is -0.355 e. The molecule has 2 fully saturated rings. The maximum absolute atomic E-state index is 12.6. The Morgan fingerprint density at radius 2 is 2.27 bits per heavy atom. The smallest absolute Gasteiger partial charge is 0.243 e. The van der Waals surface area contributed by atoms with Gasteiger partial charge in [-0.15, -0.1) is 11.3 Å². The van der Waals surface area contributed by atoms with Crippen LogP contribution in [0, 0.1) is 5.41 Å². The van der Waals surface area contributed by atoms with E-state index in [1.807, 2.05) is 6.07 Å². The fourth-order valence-corrected chi connectivity index (χ4v) is 4.65. The summed E-state index contributed by atoms with van der Waals surface area (Å²) in [5, 5.41) is 4.37. The largest absolute Gasteiger partial charge is 0.355 e. The van der Waals surface area contributed by atoms with E-state index in [1.165, 1.54) is 24.2 Å². The Hall–Kier alpha value is -1.34. The summed E-state index contributed by atoms with van der Waals surface area (Å²) in [4.78, 5) is 12.5. The summed E-state index contributed by atoms with van der Waals surface area (Å²) >= 11 is 1.35. The van der Waals surface area contributed by atoms with E-state index < -0.39 is 6.43 Å². The normalized spacial score (nSPS) is 25.1. The summed E-state index contributed by atoms with van der Waals surface area (Å²) in [7, 11) is 0. The van der Waals surface area contributed by atoms with Gasteiger partial charge in [0, 0.05) is 36.3 Å². The molecule has 0 saturated carbocycles.